The van der Waals surface area contributed by atoms with Crippen LogP contribution in [0.3, 0.4) is 0 Å². The van der Waals surface area contributed by atoms with Crippen molar-refractivity contribution in [3.63, 3.8) is 0 Å². The van der Waals surface area contributed by atoms with Crippen LogP contribution in [0.1, 0.15) is 30.0 Å². The van der Waals surface area contributed by atoms with E-state index in [0.717, 1.165) is 16.7 Å². The van der Waals surface area contributed by atoms with Crippen LogP contribution in [-0.2, 0) is 11.3 Å². The molecule has 3 rings (SSSR count). The van der Waals surface area contributed by atoms with Crippen LogP contribution in [0.25, 0.3) is 0 Å². The largest absolute Gasteiger partial charge is 0.497 e. The number of methoxy groups -OCH3 is 1. The lowest BCUT2D eigenvalue weighted by atomic mass is 10.1. The summed E-state index contributed by atoms with van der Waals surface area (Å²) in [5, 5.41) is 0. The maximum atomic E-state index is 13.1. The van der Waals surface area contributed by atoms with E-state index in [0.29, 0.717) is 28.8 Å². The molecule has 0 aliphatic carbocycles. The van der Waals surface area contributed by atoms with Gasteiger partial charge >= 0.3 is 0 Å². The number of halogens is 1. The quantitative estimate of drug-likeness (QED) is 0.292. The fourth-order valence-electron chi connectivity index (χ4n) is 3.40. The predicted molar refractivity (Wildman–Crippen MR) is 134 cm³/mol. The zero-order chi connectivity index (χ0) is 24.5. The van der Waals surface area contributed by atoms with Gasteiger partial charge in [-0.3, -0.25) is 4.79 Å². The number of pyridine rings is 1. The molecule has 0 saturated carbocycles. The van der Waals surface area contributed by atoms with Gasteiger partial charge in [-0.2, -0.15) is 3.89 Å². The van der Waals surface area contributed by atoms with Gasteiger partial charge in [0.1, 0.15) is 22.9 Å². The van der Waals surface area contributed by atoms with Crippen LogP contribution in [-0.4, -0.2) is 30.4 Å². The Morgan fingerprint density at radius 2 is 1.94 bits per heavy atom. The molecule has 1 amide bonds. The Morgan fingerprint density at radius 3 is 2.68 bits per heavy atom. The molecule has 1 aromatic heterocycles. The summed E-state index contributed by atoms with van der Waals surface area (Å²) in [6.07, 6.45) is 1.92. The van der Waals surface area contributed by atoms with Crippen LogP contribution in [0.15, 0.2) is 54.7 Å². The van der Waals surface area contributed by atoms with Crippen molar-refractivity contribution in [2.75, 3.05) is 24.4 Å². The van der Waals surface area contributed by atoms with Crippen molar-refractivity contribution >= 4 is 23.7 Å². The monoisotopic (exact) mass is 484 g/mol. The van der Waals surface area contributed by atoms with Gasteiger partial charge < -0.3 is 19.1 Å². The fourth-order valence-corrected chi connectivity index (χ4v) is 3.55. The van der Waals surface area contributed by atoms with Gasteiger partial charge in [0, 0.05) is 30.3 Å². The number of aryl methyl sites for hydroxylation is 1. The van der Waals surface area contributed by atoms with Gasteiger partial charge in [-0.1, -0.05) is 19.1 Å². The normalized spacial score (nSPS) is 10.6. The zero-order valence-corrected chi connectivity index (χ0v) is 20.7. The van der Waals surface area contributed by atoms with Crippen molar-refractivity contribution in [3.05, 3.63) is 71.4 Å². The number of carbonyl (C=O) groups is 1. The molecule has 3 aromatic rings. The highest BCUT2D eigenvalue weighted by Crippen LogP contribution is 2.35. The van der Waals surface area contributed by atoms with Crippen molar-refractivity contribution in [2.24, 2.45) is 0 Å². The first kappa shape index (κ1) is 25.4. The van der Waals surface area contributed by atoms with Crippen molar-refractivity contribution in [1.29, 1.82) is 0 Å². The Morgan fingerprint density at radius 1 is 1.12 bits per heavy atom. The topological polar surface area (TPSA) is 60.9 Å². The molecule has 0 unspecified atom stereocenters. The molecule has 6 nitrogen and oxygen atoms in total. The molecule has 0 bridgehead atoms. The van der Waals surface area contributed by atoms with Crippen LogP contribution in [0.5, 0.6) is 23.1 Å². The van der Waals surface area contributed by atoms with Gasteiger partial charge in [0.2, 0.25) is 11.8 Å². The van der Waals surface area contributed by atoms with Crippen molar-refractivity contribution in [3.8, 4) is 23.1 Å². The standard InChI is InChI=1S/C26H29FN2O4S/c1-5-25(30)29(17-20-16-21(31-4)11-12-24(20)32-14-15-34-27)22-9-7-13-28-26(22)33-23-10-6-8-18(2)19(23)3/h6-13,16H,5,14-15,17H2,1-4H3. The number of rotatable bonds is 11. The maximum absolute atomic E-state index is 13.1. The number of nitrogens with zero attached hydrogens (tertiary/aromatic N) is 2. The molecule has 0 aliphatic heterocycles. The number of hydrogen-bond acceptors (Lipinski definition) is 6. The summed E-state index contributed by atoms with van der Waals surface area (Å²) in [6.45, 7) is 6.21. The molecule has 0 spiro atoms. The minimum Gasteiger partial charge on any atom is -0.497 e. The Kier molecular flexibility index (Phi) is 9.16. The Hall–Kier alpha value is -3.26. The highest BCUT2D eigenvalue weighted by atomic mass is 32.2. The van der Waals surface area contributed by atoms with E-state index < -0.39 is 0 Å². The van der Waals surface area contributed by atoms with E-state index in [2.05, 4.69) is 4.98 Å². The summed E-state index contributed by atoms with van der Waals surface area (Å²) >= 11 is 0.220. The summed E-state index contributed by atoms with van der Waals surface area (Å²) in [6, 6.07) is 14.7. The van der Waals surface area contributed by atoms with Crippen molar-refractivity contribution in [1.82, 2.24) is 4.98 Å². The molecule has 0 aliphatic rings. The molecular weight excluding hydrogens is 455 g/mol. The van der Waals surface area contributed by atoms with E-state index >= 15 is 0 Å². The van der Waals surface area contributed by atoms with Gasteiger partial charge in [-0.25, -0.2) is 4.98 Å². The second-order valence-corrected chi connectivity index (χ2v) is 8.22. The minimum absolute atomic E-state index is 0.105. The fraction of sp³-hybridized carbons (Fsp3) is 0.308. The van der Waals surface area contributed by atoms with Gasteiger partial charge in [0.25, 0.3) is 0 Å². The van der Waals surface area contributed by atoms with Crippen LogP contribution >= 0.6 is 12.1 Å². The van der Waals surface area contributed by atoms with Crippen LogP contribution in [0.4, 0.5) is 9.57 Å². The lowest BCUT2D eigenvalue weighted by Gasteiger charge is -2.25. The van der Waals surface area contributed by atoms with Crippen LogP contribution in [0.2, 0.25) is 0 Å². The molecule has 0 atom stereocenters. The first-order valence-electron chi connectivity index (χ1n) is 11.0. The molecule has 1 heterocycles. The molecule has 0 N–H and O–H groups in total. The van der Waals surface area contributed by atoms with Crippen LogP contribution in [0, 0.1) is 13.8 Å². The highest BCUT2D eigenvalue weighted by Gasteiger charge is 2.22. The summed E-state index contributed by atoms with van der Waals surface area (Å²) in [5.74, 6) is 2.30. The third-order valence-electron chi connectivity index (χ3n) is 5.42. The van der Waals surface area contributed by atoms with E-state index in [9.17, 15) is 8.68 Å². The number of aromatic nitrogens is 1. The van der Waals surface area contributed by atoms with Gasteiger partial charge in [0.15, 0.2) is 0 Å². The minimum atomic E-state index is -0.105. The lowest BCUT2D eigenvalue weighted by Crippen LogP contribution is -2.30. The molecule has 0 radical (unpaired) electrons. The molecule has 8 heteroatoms. The lowest BCUT2D eigenvalue weighted by molar-refractivity contribution is -0.118. The average molecular weight is 485 g/mol. The second-order valence-electron chi connectivity index (χ2n) is 7.60. The highest BCUT2D eigenvalue weighted by molar-refractivity contribution is 7.94. The Balaban J connectivity index is 2.00. The van der Waals surface area contributed by atoms with Gasteiger partial charge in [0.05, 0.1) is 26.0 Å². The van der Waals surface area contributed by atoms with Crippen LogP contribution < -0.4 is 19.1 Å². The zero-order valence-electron chi connectivity index (χ0n) is 19.8. The number of benzene rings is 2. The molecule has 0 saturated heterocycles. The number of ether oxygens (including phenoxy) is 3. The SMILES string of the molecule is CCC(=O)N(Cc1cc(OC)ccc1OCCSF)c1cccnc1Oc1cccc(C)c1C. The molecular formula is C26H29FN2O4S. The van der Waals surface area contributed by atoms with Crippen molar-refractivity contribution in [2.45, 2.75) is 33.7 Å². The van der Waals surface area contributed by atoms with E-state index in [1.54, 1.807) is 43.3 Å². The Labute approximate surface area is 204 Å². The third-order valence-corrected chi connectivity index (χ3v) is 5.74. The number of carbonyl (C=O) groups excluding carboxylic acids is 1. The number of hydrogen-bond donors (Lipinski definition) is 0. The summed E-state index contributed by atoms with van der Waals surface area (Å²) in [5.41, 5.74) is 3.37. The second kappa shape index (κ2) is 12.3. The van der Waals surface area contributed by atoms with Gasteiger partial charge in [-0.05, 0) is 61.4 Å². The van der Waals surface area contributed by atoms with E-state index in [4.69, 9.17) is 14.2 Å². The Bertz CT molecular complexity index is 1130. The maximum Gasteiger partial charge on any atom is 0.243 e. The summed E-state index contributed by atoms with van der Waals surface area (Å²) in [4.78, 5) is 19.1. The van der Waals surface area contributed by atoms with E-state index in [1.165, 1.54) is 0 Å². The molecule has 180 valence electrons. The average Bonchev–Trinajstić information content (AvgIpc) is 2.86. The third kappa shape index (κ3) is 6.20. The van der Waals surface area contributed by atoms with E-state index in [1.807, 2.05) is 44.2 Å². The van der Waals surface area contributed by atoms with E-state index in [-0.39, 0.29) is 43.4 Å². The number of anilines is 1. The summed E-state index contributed by atoms with van der Waals surface area (Å²) in [7, 11) is 1.57. The summed E-state index contributed by atoms with van der Waals surface area (Å²) < 4.78 is 29.9. The van der Waals surface area contributed by atoms with Crippen molar-refractivity contribution < 1.29 is 22.9 Å². The molecule has 0 fully saturated rings. The molecule has 2 aromatic carbocycles. The number of amides is 1. The van der Waals surface area contributed by atoms with Gasteiger partial charge in [-0.15, -0.1) is 0 Å². The first-order chi connectivity index (χ1) is 16.5. The molecule has 34 heavy (non-hydrogen) atoms. The predicted octanol–water partition coefficient (Wildman–Crippen LogP) is 6.44. The first-order valence-corrected chi connectivity index (χ1v) is 11.9. The smallest absolute Gasteiger partial charge is 0.243 e.